The van der Waals surface area contributed by atoms with Crippen molar-refractivity contribution >= 4 is 28.6 Å². The lowest BCUT2D eigenvalue weighted by Gasteiger charge is -2.10. The van der Waals surface area contributed by atoms with Gasteiger partial charge in [0.2, 0.25) is 0 Å². The van der Waals surface area contributed by atoms with E-state index >= 15 is 0 Å². The summed E-state index contributed by atoms with van der Waals surface area (Å²) in [6.45, 7) is 0. The second-order valence-corrected chi connectivity index (χ2v) is 3.55. The molecule has 1 rings (SSSR count). The first kappa shape index (κ1) is 11.3. The topological polar surface area (TPSA) is 37.3 Å². The lowest BCUT2D eigenvalue weighted by molar-refractivity contribution is -0.138. The van der Waals surface area contributed by atoms with Crippen LogP contribution in [0.5, 0.6) is 0 Å². The standard InChI is InChI=1S/C8H4F3IO2/c9-8(10,11)5-3-1-2-4(6(5)12)7(13)14/h1-3H,(H,13,14). The molecule has 2 nitrogen and oxygen atoms in total. The fraction of sp³-hybridized carbons (Fsp3) is 0.125. The zero-order chi connectivity index (χ0) is 10.9. The second kappa shape index (κ2) is 3.76. The van der Waals surface area contributed by atoms with Crippen molar-refractivity contribution in [1.82, 2.24) is 0 Å². The number of hydrogen-bond donors (Lipinski definition) is 1. The minimum absolute atomic E-state index is 0.287. The summed E-state index contributed by atoms with van der Waals surface area (Å²) in [4.78, 5) is 10.5. The number of rotatable bonds is 1. The van der Waals surface area contributed by atoms with E-state index in [2.05, 4.69) is 0 Å². The minimum Gasteiger partial charge on any atom is -0.478 e. The number of alkyl halides is 3. The van der Waals surface area contributed by atoms with Crippen molar-refractivity contribution in [1.29, 1.82) is 0 Å². The fourth-order valence-electron chi connectivity index (χ4n) is 0.916. The highest BCUT2D eigenvalue weighted by Crippen LogP contribution is 2.33. The van der Waals surface area contributed by atoms with Crippen molar-refractivity contribution in [3.63, 3.8) is 0 Å². The first-order valence-electron chi connectivity index (χ1n) is 3.43. The monoisotopic (exact) mass is 316 g/mol. The van der Waals surface area contributed by atoms with Gasteiger partial charge >= 0.3 is 12.1 Å². The van der Waals surface area contributed by atoms with E-state index in [1.165, 1.54) is 22.6 Å². The highest BCUT2D eigenvalue weighted by Gasteiger charge is 2.34. The van der Waals surface area contributed by atoms with E-state index in [9.17, 15) is 18.0 Å². The van der Waals surface area contributed by atoms with Crippen LogP contribution in [0.2, 0.25) is 0 Å². The van der Waals surface area contributed by atoms with Gasteiger partial charge in [-0.1, -0.05) is 6.07 Å². The molecule has 1 aromatic carbocycles. The predicted octanol–water partition coefficient (Wildman–Crippen LogP) is 3.01. The fourth-order valence-corrected chi connectivity index (χ4v) is 1.81. The van der Waals surface area contributed by atoms with E-state index in [4.69, 9.17) is 5.11 Å². The van der Waals surface area contributed by atoms with Gasteiger partial charge in [-0.15, -0.1) is 0 Å². The molecule has 0 unspecified atom stereocenters. The first-order valence-corrected chi connectivity index (χ1v) is 4.51. The van der Waals surface area contributed by atoms with Crippen LogP contribution in [-0.2, 0) is 6.18 Å². The summed E-state index contributed by atoms with van der Waals surface area (Å²) in [6, 6.07) is 3.07. The zero-order valence-electron chi connectivity index (χ0n) is 6.60. The van der Waals surface area contributed by atoms with E-state index < -0.39 is 17.7 Å². The maximum atomic E-state index is 12.3. The van der Waals surface area contributed by atoms with Gasteiger partial charge in [0.1, 0.15) is 0 Å². The van der Waals surface area contributed by atoms with Crippen LogP contribution < -0.4 is 0 Å². The molecule has 1 aromatic rings. The number of benzene rings is 1. The molecule has 1 N–H and O–H groups in total. The van der Waals surface area contributed by atoms with Crippen LogP contribution in [0.1, 0.15) is 15.9 Å². The Morgan fingerprint density at radius 1 is 1.36 bits per heavy atom. The SMILES string of the molecule is O=C(O)c1cccc(C(F)(F)F)c1I. The van der Waals surface area contributed by atoms with Crippen molar-refractivity contribution in [2.45, 2.75) is 6.18 Å². The molecule has 14 heavy (non-hydrogen) atoms. The molecule has 0 aliphatic carbocycles. The molecule has 76 valence electrons. The molecule has 0 spiro atoms. The average Bonchev–Trinajstić information content (AvgIpc) is 2.01. The van der Waals surface area contributed by atoms with Gasteiger partial charge in [0.25, 0.3) is 0 Å². The van der Waals surface area contributed by atoms with Gasteiger partial charge < -0.3 is 5.11 Å². The van der Waals surface area contributed by atoms with Gasteiger partial charge in [0, 0.05) is 3.57 Å². The highest BCUT2D eigenvalue weighted by atomic mass is 127. The van der Waals surface area contributed by atoms with Crippen LogP contribution in [-0.4, -0.2) is 11.1 Å². The molecular weight excluding hydrogens is 312 g/mol. The summed E-state index contributed by atoms with van der Waals surface area (Å²) < 4.78 is 36.6. The largest absolute Gasteiger partial charge is 0.478 e. The number of aromatic carboxylic acids is 1. The number of halogens is 4. The lowest BCUT2D eigenvalue weighted by Crippen LogP contribution is -2.11. The summed E-state index contributed by atoms with van der Waals surface area (Å²) in [6.07, 6.45) is -4.51. The molecule has 0 aromatic heterocycles. The van der Waals surface area contributed by atoms with Crippen molar-refractivity contribution in [3.05, 3.63) is 32.9 Å². The molecule has 0 aliphatic heterocycles. The van der Waals surface area contributed by atoms with Crippen molar-refractivity contribution in [3.8, 4) is 0 Å². The number of carboxylic acid groups (broad SMARTS) is 1. The van der Waals surface area contributed by atoms with Gasteiger partial charge in [0.05, 0.1) is 11.1 Å². The predicted molar refractivity (Wildman–Crippen MR) is 51.1 cm³/mol. The quantitative estimate of drug-likeness (QED) is 0.809. The van der Waals surface area contributed by atoms with Crippen LogP contribution in [0.15, 0.2) is 18.2 Å². The Balaban J connectivity index is 3.35. The molecule has 0 radical (unpaired) electrons. The Morgan fingerprint density at radius 3 is 2.36 bits per heavy atom. The normalized spacial score (nSPS) is 11.4. The molecule has 0 saturated carbocycles. The van der Waals surface area contributed by atoms with Gasteiger partial charge in [-0.05, 0) is 34.7 Å². The summed E-state index contributed by atoms with van der Waals surface area (Å²) in [7, 11) is 0. The Bertz CT molecular complexity index is 373. The molecule has 0 fully saturated rings. The summed E-state index contributed by atoms with van der Waals surface area (Å²) in [5, 5.41) is 8.58. The molecule has 0 saturated heterocycles. The summed E-state index contributed by atoms with van der Waals surface area (Å²) >= 11 is 1.38. The molecule has 0 bridgehead atoms. The lowest BCUT2D eigenvalue weighted by atomic mass is 10.1. The van der Waals surface area contributed by atoms with Crippen LogP contribution in [0.4, 0.5) is 13.2 Å². The third-order valence-corrected chi connectivity index (χ3v) is 2.70. The number of hydrogen-bond acceptors (Lipinski definition) is 1. The Kier molecular flexibility index (Phi) is 3.03. The molecule has 0 atom stereocenters. The van der Waals surface area contributed by atoms with Crippen molar-refractivity contribution < 1.29 is 23.1 Å². The average molecular weight is 316 g/mol. The van der Waals surface area contributed by atoms with Crippen LogP contribution in [0.3, 0.4) is 0 Å². The molecule has 0 amide bonds. The number of carboxylic acids is 1. The minimum atomic E-state index is -4.51. The molecular formula is C8H4F3IO2. The molecule has 6 heteroatoms. The summed E-state index contributed by atoms with van der Waals surface area (Å²) in [5.74, 6) is -1.36. The Labute approximate surface area is 90.9 Å². The Hall–Kier alpha value is -0.790. The first-order chi connectivity index (χ1) is 6.34. The highest BCUT2D eigenvalue weighted by molar-refractivity contribution is 14.1. The molecule has 0 aliphatic rings. The summed E-state index contributed by atoms with van der Waals surface area (Å²) in [5.41, 5.74) is -1.25. The van der Waals surface area contributed by atoms with E-state index in [-0.39, 0.29) is 9.13 Å². The van der Waals surface area contributed by atoms with E-state index in [1.807, 2.05) is 0 Å². The van der Waals surface area contributed by atoms with E-state index in [0.29, 0.717) is 0 Å². The van der Waals surface area contributed by atoms with Gasteiger partial charge in [-0.2, -0.15) is 13.2 Å². The third-order valence-electron chi connectivity index (χ3n) is 1.53. The van der Waals surface area contributed by atoms with Gasteiger partial charge in [-0.25, -0.2) is 4.79 Å². The third kappa shape index (κ3) is 2.17. The second-order valence-electron chi connectivity index (χ2n) is 2.47. The van der Waals surface area contributed by atoms with Crippen molar-refractivity contribution in [2.24, 2.45) is 0 Å². The van der Waals surface area contributed by atoms with Crippen LogP contribution >= 0.6 is 22.6 Å². The van der Waals surface area contributed by atoms with E-state index in [0.717, 1.165) is 18.2 Å². The van der Waals surface area contributed by atoms with Gasteiger partial charge in [-0.3, -0.25) is 0 Å². The molecule has 0 heterocycles. The maximum absolute atomic E-state index is 12.3. The van der Waals surface area contributed by atoms with Gasteiger partial charge in [0.15, 0.2) is 0 Å². The van der Waals surface area contributed by atoms with Crippen LogP contribution in [0.25, 0.3) is 0 Å². The van der Waals surface area contributed by atoms with Crippen molar-refractivity contribution in [2.75, 3.05) is 0 Å². The van der Waals surface area contributed by atoms with E-state index in [1.54, 1.807) is 0 Å². The maximum Gasteiger partial charge on any atom is 0.417 e. The zero-order valence-corrected chi connectivity index (χ0v) is 8.76. The Morgan fingerprint density at radius 2 is 1.93 bits per heavy atom. The smallest absolute Gasteiger partial charge is 0.417 e. The number of carbonyl (C=O) groups is 1. The van der Waals surface area contributed by atoms with Crippen LogP contribution in [0, 0.1) is 3.57 Å².